The van der Waals surface area contributed by atoms with Crippen molar-refractivity contribution in [2.45, 2.75) is 38.5 Å². The van der Waals surface area contributed by atoms with Crippen molar-refractivity contribution in [3.05, 3.63) is 23.8 Å². The Labute approximate surface area is 87.3 Å². The van der Waals surface area contributed by atoms with E-state index in [2.05, 4.69) is 23.5 Å². The standard InChI is InChI=1S/C13H21N/c1-2-4-7-12(6-3-1)13-8-5-10-14-11-9-13/h1,3,6,13-14H,2,4-5,7-11H2. The van der Waals surface area contributed by atoms with E-state index in [0.717, 1.165) is 5.92 Å². The maximum atomic E-state index is 3.49. The van der Waals surface area contributed by atoms with Crippen molar-refractivity contribution < 1.29 is 0 Å². The third-order valence-corrected chi connectivity index (χ3v) is 3.38. The molecule has 1 heteroatoms. The first-order valence-electron chi connectivity index (χ1n) is 6.03. The summed E-state index contributed by atoms with van der Waals surface area (Å²) in [5.41, 5.74) is 1.71. The molecule has 1 aliphatic carbocycles. The van der Waals surface area contributed by atoms with Gasteiger partial charge in [0.1, 0.15) is 0 Å². The van der Waals surface area contributed by atoms with E-state index >= 15 is 0 Å². The Bertz CT molecular complexity index is 219. The Morgan fingerprint density at radius 3 is 3.14 bits per heavy atom. The van der Waals surface area contributed by atoms with Crippen LogP contribution in [0.2, 0.25) is 0 Å². The van der Waals surface area contributed by atoms with E-state index in [1.54, 1.807) is 5.57 Å². The van der Waals surface area contributed by atoms with E-state index in [1.165, 1.54) is 51.6 Å². The second-order valence-corrected chi connectivity index (χ2v) is 4.44. The number of allylic oxidation sites excluding steroid dienone is 4. The minimum Gasteiger partial charge on any atom is -0.317 e. The SMILES string of the molecule is C1=CCCCC(C2CCCNCC2)=C1. The van der Waals surface area contributed by atoms with Gasteiger partial charge in [0.15, 0.2) is 0 Å². The molecule has 2 rings (SSSR count). The van der Waals surface area contributed by atoms with Crippen molar-refractivity contribution in [2.24, 2.45) is 5.92 Å². The highest BCUT2D eigenvalue weighted by molar-refractivity contribution is 5.17. The topological polar surface area (TPSA) is 12.0 Å². The molecule has 1 N–H and O–H groups in total. The Hall–Kier alpha value is -0.560. The van der Waals surface area contributed by atoms with Crippen LogP contribution in [0.5, 0.6) is 0 Å². The molecule has 1 fully saturated rings. The van der Waals surface area contributed by atoms with Crippen molar-refractivity contribution in [2.75, 3.05) is 13.1 Å². The highest BCUT2D eigenvalue weighted by Crippen LogP contribution is 2.27. The molecule has 0 aromatic heterocycles. The zero-order chi connectivity index (χ0) is 9.64. The van der Waals surface area contributed by atoms with Gasteiger partial charge in [-0.25, -0.2) is 0 Å². The molecule has 0 aromatic rings. The summed E-state index contributed by atoms with van der Waals surface area (Å²) in [4.78, 5) is 0. The Kier molecular flexibility index (Phi) is 3.81. The average molecular weight is 191 g/mol. The summed E-state index contributed by atoms with van der Waals surface area (Å²) in [6, 6.07) is 0. The molecule has 1 atom stereocenters. The summed E-state index contributed by atoms with van der Waals surface area (Å²) in [7, 11) is 0. The largest absolute Gasteiger partial charge is 0.317 e. The maximum absolute atomic E-state index is 3.49. The molecule has 1 heterocycles. The highest BCUT2D eigenvalue weighted by atomic mass is 14.8. The van der Waals surface area contributed by atoms with Gasteiger partial charge >= 0.3 is 0 Å². The quantitative estimate of drug-likeness (QED) is 0.671. The summed E-state index contributed by atoms with van der Waals surface area (Å²) in [5, 5.41) is 3.49. The highest BCUT2D eigenvalue weighted by Gasteiger charge is 2.15. The van der Waals surface area contributed by atoms with Gasteiger partial charge in [0.2, 0.25) is 0 Å². The minimum absolute atomic E-state index is 0.868. The summed E-state index contributed by atoms with van der Waals surface area (Å²) >= 11 is 0. The number of hydrogen-bond acceptors (Lipinski definition) is 1. The molecular weight excluding hydrogens is 170 g/mol. The molecule has 0 radical (unpaired) electrons. The first-order chi connectivity index (χ1) is 6.97. The second kappa shape index (κ2) is 5.35. The van der Waals surface area contributed by atoms with E-state index in [1.807, 2.05) is 0 Å². The van der Waals surface area contributed by atoms with Gasteiger partial charge in [-0.05, 0) is 57.5 Å². The first kappa shape index (κ1) is 9.97. The third-order valence-electron chi connectivity index (χ3n) is 3.38. The molecule has 1 nitrogen and oxygen atoms in total. The van der Waals surface area contributed by atoms with Gasteiger partial charge in [-0.1, -0.05) is 23.8 Å². The summed E-state index contributed by atoms with van der Waals surface area (Å²) in [6.07, 6.45) is 15.0. The second-order valence-electron chi connectivity index (χ2n) is 4.44. The van der Waals surface area contributed by atoms with Crippen LogP contribution in [-0.4, -0.2) is 13.1 Å². The molecule has 14 heavy (non-hydrogen) atoms. The van der Waals surface area contributed by atoms with Crippen LogP contribution in [-0.2, 0) is 0 Å². The van der Waals surface area contributed by atoms with Crippen LogP contribution in [0, 0.1) is 5.92 Å². The summed E-state index contributed by atoms with van der Waals surface area (Å²) < 4.78 is 0. The summed E-state index contributed by atoms with van der Waals surface area (Å²) in [5.74, 6) is 0.868. The minimum atomic E-state index is 0.868. The predicted octanol–water partition coefficient (Wildman–Crippen LogP) is 3.04. The molecule has 1 aliphatic heterocycles. The van der Waals surface area contributed by atoms with Gasteiger partial charge in [-0.2, -0.15) is 0 Å². The van der Waals surface area contributed by atoms with E-state index in [-0.39, 0.29) is 0 Å². The van der Waals surface area contributed by atoms with E-state index < -0.39 is 0 Å². The van der Waals surface area contributed by atoms with E-state index in [4.69, 9.17) is 0 Å². The van der Waals surface area contributed by atoms with Crippen LogP contribution in [0.15, 0.2) is 23.8 Å². The normalized spacial score (nSPS) is 29.1. The van der Waals surface area contributed by atoms with E-state index in [9.17, 15) is 0 Å². The third kappa shape index (κ3) is 2.71. The lowest BCUT2D eigenvalue weighted by molar-refractivity contribution is 0.522. The zero-order valence-corrected chi connectivity index (χ0v) is 8.97. The van der Waals surface area contributed by atoms with Gasteiger partial charge in [0, 0.05) is 0 Å². The first-order valence-corrected chi connectivity index (χ1v) is 6.03. The molecule has 1 saturated heterocycles. The average Bonchev–Trinajstić information content (AvgIpc) is 2.62. The lowest BCUT2D eigenvalue weighted by Gasteiger charge is -2.17. The van der Waals surface area contributed by atoms with Crippen molar-refractivity contribution in [3.63, 3.8) is 0 Å². The van der Waals surface area contributed by atoms with Gasteiger partial charge in [0.25, 0.3) is 0 Å². The predicted molar refractivity (Wildman–Crippen MR) is 61.3 cm³/mol. The smallest absolute Gasteiger partial charge is 0.00432 e. The van der Waals surface area contributed by atoms with Crippen LogP contribution in [0.1, 0.15) is 38.5 Å². The number of hydrogen-bond donors (Lipinski definition) is 1. The molecule has 0 amide bonds. The van der Waals surface area contributed by atoms with Gasteiger partial charge in [0.05, 0.1) is 0 Å². The molecule has 2 aliphatic rings. The van der Waals surface area contributed by atoms with Crippen molar-refractivity contribution in [1.29, 1.82) is 0 Å². The van der Waals surface area contributed by atoms with Crippen molar-refractivity contribution >= 4 is 0 Å². The molecule has 0 spiro atoms. The molecule has 0 saturated carbocycles. The van der Waals surface area contributed by atoms with Crippen LogP contribution >= 0.6 is 0 Å². The molecular formula is C13H21N. The molecule has 0 aromatic carbocycles. The Morgan fingerprint density at radius 1 is 1.14 bits per heavy atom. The van der Waals surface area contributed by atoms with Gasteiger partial charge in [-0.3, -0.25) is 0 Å². The lowest BCUT2D eigenvalue weighted by Crippen LogP contribution is -2.14. The van der Waals surface area contributed by atoms with Crippen molar-refractivity contribution in [3.8, 4) is 0 Å². The van der Waals surface area contributed by atoms with Gasteiger partial charge < -0.3 is 5.32 Å². The zero-order valence-electron chi connectivity index (χ0n) is 8.97. The van der Waals surface area contributed by atoms with E-state index in [0.29, 0.717) is 0 Å². The monoisotopic (exact) mass is 191 g/mol. The van der Waals surface area contributed by atoms with Crippen LogP contribution in [0.3, 0.4) is 0 Å². The molecule has 78 valence electrons. The van der Waals surface area contributed by atoms with Crippen LogP contribution in [0.4, 0.5) is 0 Å². The Morgan fingerprint density at radius 2 is 2.14 bits per heavy atom. The van der Waals surface area contributed by atoms with Gasteiger partial charge in [-0.15, -0.1) is 0 Å². The number of rotatable bonds is 1. The van der Waals surface area contributed by atoms with Crippen molar-refractivity contribution in [1.82, 2.24) is 5.32 Å². The maximum Gasteiger partial charge on any atom is -0.00432 e. The van der Waals surface area contributed by atoms with Crippen LogP contribution in [0.25, 0.3) is 0 Å². The fraction of sp³-hybridized carbons (Fsp3) is 0.692. The molecule has 1 unspecified atom stereocenters. The van der Waals surface area contributed by atoms with Crippen LogP contribution < -0.4 is 5.32 Å². The molecule has 0 bridgehead atoms. The Balaban J connectivity index is 1.97. The number of nitrogens with one attached hydrogen (secondary N) is 1. The fourth-order valence-electron chi connectivity index (χ4n) is 2.53. The summed E-state index contributed by atoms with van der Waals surface area (Å²) in [6.45, 7) is 2.44. The lowest BCUT2D eigenvalue weighted by atomic mass is 9.89. The fourth-order valence-corrected chi connectivity index (χ4v) is 2.53.